The van der Waals surface area contributed by atoms with Gasteiger partial charge in [-0.25, -0.2) is 0 Å². The molecule has 97 heavy (non-hydrogen) atoms. The lowest BCUT2D eigenvalue weighted by atomic mass is 9.90. The molecule has 0 fully saturated rings. The third-order valence-corrected chi connectivity index (χ3v) is 17.6. The van der Waals surface area contributed by atoms with Crippen molar-refractivity contribution >= 4 is 83.7 Å². The number of benzene rings is 10. The van der Waals surface area contributed by atoms with Gasteiger partial charge in [0.25, 0.3) is 0 Å². The number of carbonyl (C=O) groups is 5. The van der Waals surface area contributed by atoms with E-state index in [9.17, 15) is 59.7 Å². The summed E-state index contributed by atoms with van der Waals surface area (Å²) >= 11 is 0. The zero-order chi connectivity index (χ0) is 72.0. The number of carbonyl (C=O) groups excluding carboxylic acids is 5. The van der Waals surface area contributed by atoms with E-state index >= 15 is 0 Å². The molecule has 0 atom stereocenters. The van der Waals surface area contributed by atoms with Crippen molar-refractivity contribution in [1.82, 2.24) is 0 Å². The average Bonchev–Trinajstić information content (AvgIpc) is 0.820. The summed E-state index contributed by atoms with van der Waals surface area (Å²) in [7, 11) is 0. The fraction of sp³-hybridized carbons (Fsp3) is 0.312. The van der Waals surface area contributed by atoms with Gasteiger partial charge in [-0.3, -0.25) is 24.0 Å². The molecule has 0 unspecified atom stereocenters. The summed E-state index contributed by atoms with van der Waals surface area (Å²) in [6, 6.07) is 47.0. The van der Waals surface area contributed by atoms with Crippen LogP contribution in [0, 0.1) is 27.1 Å². The van der Waals surface area contributed by atoms with E-state index in [2.05, 4.69) is 0 Å². The van der Waals surface area contributed by atoms with Gasteiger partial charge in [-0.05, 0) is 221 Å². The van der Waals surface area contributed by atoms with Crippen molar-refractivity contribution in [2.45, 2.75) is 136 Å². The van der Waals surface area contributed by atoms with Crippen molar-refractivity contribution < 1.29 is 83.4 Å². The first-order valence-corrected chi connectivity index (χ1v) is 32.2. The Bertz CT molecular complexity index is 4420. The van der Waals surface area contributed by atoms with E-state index in [1.54, 1.807) is 109 Å². The van der Waals surface area contributed by atoms with Crippen LogP contribution in [-0.4, -0.2) is 65.6 Å². The van der Waals surface area contributed by atoms with Gasteiger partial charge in [-0.2, -0.15) is 0 Å². The molecule has 0 saturated heterocycles. The fourth-order valence-corrected chi connectivity index (χ4v) is 8.63. The third kappa shape index (κ3) is 19.1. The molecule has 17 nitrogen and oxygen atoms in total. The lowest BCUT2D eigenvalue weighted by molar-refractivity contribution is -0.144. The van der Waals surface area contributed by atoms with E-state index in [-0.39, 0.29) is 70.1 Å². The highest BCUT2D eigenvalue weighted by molar-refractivity contribution is 5.98. The Balaban J connectivity index is 0.000000192. The Hall–Kier alpha value is -10.6. The maximum atomic E-state index is 12.1. The highest BCUT2D eigenvalue weighted by Gasteiger charge is 2.32. The van der Waals surface area contributed by atoms with E-state index in [4.69, 9.17) is 23.7 Å². The molecule has 0 heterocycles. The Labute approximate surface area is 566 Å². The van der Waals surface area contributed by atoms with Crippen LogP contribution in [0.2, 0.25) is 0 Å². The minimum absolute atomic E-state index is 0.0328. The van der Waals surface area contributed by atoms with E-state index in [1.807, 2.05) is 134 Å². The molecule has 0 amide bonds. The zero-order valence-corrected chi connectivity index (χ0v) is 57.9. The van der Waals surface area contributed by atoms with Crippen molar-refractivity contribution in [2.75, 3.05) is 0 Å². The maximum Gasteiger partial charge on any atom is 0.316 e. The molecule has 0 aliphatic heterocycles. The average molecular weight is 1320 g/mol. The number of rotatable bonds is 15. The minimum Gasteiger partial charge on any atom is -0.508 e. The second kappa shape index (κ2) is 31.8. The van der Waals surface area contributed by atoms with Crippen LogP contribution in [0.3, 0.4) is 0 Å². The second-order valence-electron chi connectivity index (χ2n) is 26.7. The monoisotopic (exact) mass is 1320 g/mol. The summed E-state index contributed by atoms with van der Waals surface area (Å²) in [6.07, 6.45) is 3.50. The van der Waals surface area contributed by atoms with E-state index in [1.165, 1.54) is 30.3 Å². The first kappa shape index (κ1) is 75.5. The molecule has 0 aliphatic carbocycles. The van der Waals surface area contributed by atoms with Crippen molar-refractivity contribution in [3.8, 4) is 69.0 Å². The zero-order valence-electron chi connectivity index (χ0n) is 57.9. The van der Waals surface area contributed by atoms with Gasteiger partial charge < -0.3 is 59.4 Å². The summed E-state index contributed by atoms with van der Waals surface area (Å²) in [6.45, 7) is 28.2. The van der Waals surface area contributed by atoms with Crippen LogP contribution >= 0.6 is 0 Å². The van der Waals surface area contributed by atoms with Crippen LogP contribution < -0.4 is 23.7 Å². The molecule has 7 N–H and O–H groups in total. The van der Waals surface area contributed by atoms with E-state index < -0.39 is 27.1 Å². The van der Waals surface area contributed by atoms with Crippen molar-refractivity contribution in [3.05, 3.63) is 170 Å². The normalized spacial score (nSPS) is 11.5. The number of aromatic hydroxyl groups is 7. The van der Waals surface area contributed by atoms with Gasteiger partial charge in [-0.1, -0.05) is 101 Å². The molecule has 17 heteroatoms. The Morgan fingerprint density at radius 2 is 0.598 bits per heavy atom. The van der Waals surface area contributed by atoms with Crippen LogP contribution in [-0.2, 0) is 24.0 Å². The van der Waals surface area contributed by atoms with Crippen LogP contribution in [0.5, 0.6) is 69.0 Å². The van der Waals surface area contributed by atoms with Gasteiger partial charge in [0.05, 0.1) is 27.1 Å². The fourth-order valence-electron chi connectivity index (χ4n) is 8.63. The maximum absolute atomic E-state index is 12.1. The minimum atomic E-state index is -0.568. The molecule has 0 aliphatic rings. The van der Waals surface area contributed by atoms with E-state index in [0.717, 1.165) is 33.4 Å². The summed E-state index contributed by atoms with van der Waals surface area (Å²) in [4.78, 5) is 60.4. The van der Waals surface area contributed by atoms with Crippen molar-refractivity contribution in [3.63, 3.8) is 0 Å². The highest BCUT2D eigenvalue weighted by atomic mass is 16.6. The van der Waals surface area contributed by atoms with Gasteiger partial charge in [0.2, 0.25) is 0 Å². The largest absolute Gasteiger partial charge is 0.508 e. The van der Waals surface area contributed by atoms with Crippen LogP contribution in [0.1, 0.15) is 136 Å². The molecule has 0 spiro atoms. The molecule has 0 bridgehead atoms. The number of ether oxygens (including phenoxy) is 5. The lowest BCUT2D eigenvalue weighted by Crippen LogP contribution is -2.28. The molecule has 10 aromatic rings. The highest BCUT2D eigenvalue weighted by Crippen LogP contribution is 2.39. The Kier molecular flexibility index (Phi) is 24.7. The number of phenols is 7. The predicted molar refractivity (Wildman–Crippen MR) is 380 cm³/mol. The molecule has 0 radical (unpaired) electrons. The predicted octanol–water partition coefficient (Wildman–Crippen LogP) is 18.8. The quantitative estimate of drug-likeness (QED) is 0.0285. The molecule has 0 saturated carbocycles. The standard InChI is InChI=1S/2C16H18O4.3C16H18O3/c1-4-16(2,3)15(19)20-12-6-5-10-8-13(17)14(18)9-11(10)7-12;1-4-16(2,3)15(19)20-14-8-7-13(18)12-9-10(17)5-6-11(12)14;1-4-16(2,3)15(18)19-14-10-6-7-11-12(14)8-5-9-13(11)17;1-4-16(2,3)15(18)19-12-8-9-13-11(10-12)6-5-7-14(13)17;1-4-16(2,3)15(18)19-14-10-9-13(17)11-7-5-6-8-12(11)14/h2*5-9,17-18H,4H2,1-3H3;3*5-10,17H,4H2,1-3H3. The molecule has 10 rings (SSSR count). The topological polar surface area (TPSA) is 273 Å². The lowest BCUT2D eigenvalue weighted by Gasteiger charge is -2.20. The molecule has 10 aromatic carbocycles. The summed E-state index contributed by atoms with van der Waals surface area (Å²) < 4.78 is 27.2. The van der Waals surface area contributed by atoms with Gasteiger partial charge in [0.15, 0.2) is 11.5 Å². The summed E-state index contributed by atoms with van der Waals surface area (Å²) in [5, 5.41) is 74.4. The number of phenolic OH excluding ortho intramolecular Hbond substituents is 7. The SMILES string of the molecule is CCC(C)(C)C(=O)Oc1ccc(O)c2cc(O)ccc12.CCC(C)(C)C(=O)Oc1ccc(O)c2ccccc12.CCC(C)(C)C(=O)Oc1ccc2c(O)cccc2c1.CCC(C)(C)C(=O)Oc1ccc2cc(O)c(O)cc2c1.CCC(C)(C)C(=O)Oc1cccc2c(O)cccc12. The first-order chi connectivity index (χ1) is 45.5. The van der Waals surface area contributed by atoms with Gasteiger partial charge in [-0.15, -0.1) is 0 Å². The van der Waals surface area contributed by atoms with Gasteiger partial charge >= 0.3 is 29.8 Å². The molecule has 0 aromatic heterocycles. The number of hydrogen-bond donors (Lipinski definition) is 7. The number of esters is 5. The Morgan fingerprint density at radius 3 is 1.07 bits per heavy atom. The third-order valence-electron chi connectivity index (χ3n) is 17.6. The van der Waals surface area contributed by atoms with Gasteiger partial charge in [0.1, 0.15) is 57.5 Å². The van der Waals surface area contributed by atoms with Crippen LogP contribution in [0.15, 0.2) is 170 Å². The summed E-state index contributed by atoms with van der Waals surface area (Å²) in [5.74, 6) is 1.22. The van der Waals surface area contributed by atoms with Crippen molar-refractivity contribution in [1.29, 1.82) is 0 Å². The number of fused-ring (bicyclic) bond motifs is 5. The summed E-state index contributed by atoms with van der Waals surface area (Å²) in [5.41, 5.74) is -2.63. The molecular weight excluding hydrogens is 1230 g/mol. The van der Waals surface area contributed by atoms with E-state index in [0.29, 0.717) is 81.4 Å². The Morgan fingerprint density at radius 1 is 0.268 bits per heavy atom. The second-order valence-corrected chi connectivity index (χ2v) is 26.7. The van der Waals surface area contributed by atoms with Crippen LogP contribution in [0.25, 0.3) is 53.9 Å². The smallest absolute Gasteiger partial charge is 0.316 e. The first-order valence-electron chi connectivity index (χ1n) is 32.2. The van der Waals surface area contributed by atoms with Gasteiger partial charge in [0, 0.05) is 37.7 Å². The number of hydrogen-bond acceptors (Lipinski definition) is 17. The molecule has 512 valence electrons. The molecular formula is C80H90O17. The van der Waals surface area contributed by atoms with Crippen LogP contribution in [0.4, 0.5) is 0 Å². The van der Waals surface area contributed by atoms with Crippen molar-refractivity contribution in [2.24, 2.45) is 27.1 Å².